The Kier molecular flexibility index (Phi) is 10.4. The zero-order valence-corrected chi connectivity index (χ0v) is 25.2. The number of carbonyl (C=O) groups is 2. The van der Waals surface area contributed by atoms with Crippen LogP contribution in [-0.2, 0) is 32.6 Å². The molecule has 1 atom stereocenters. The Morgan fingerprint density at radius 3 is 2.00 bits per heavy atom. The third kappa shape index (κ3) is 7.78. The molecule has 0 saturated heterocycles. The Hall–Kier alpha value is -4.14. The number of sulfonamides is 1. The topological polar surface area (TPSA) is 86.8 Å². The summed E-state index contributed by atoms with van der Waals surface area (Å²) in [6, 6.07) is 30.5. The number of nitrogens with zero attached hydrogens (tertiary/aromatic N) is 2. The van der Waals surface area contributed by atoms with Crippen LogP contribution in [-0.4, -0.2) is 44.3 Å². The van der Waals surface area contributed by atoms with E-state index in [-0.39, 0.29) is 29.5 Å². The summed E-state index contributed by atoms with van der Waals surface area (Å²) in [5.74, 6) is -0.831. The predicted molar refractivity (Wildman–Crippen MR) is 167 cm³/mol. The minimum Gasteiger partial charge on any atom is -0.355 e. The van der Waals surface area contributed by atoms with Crippen molar-refractivity contribution in [2.45, 2.75) is 37.8 Å². The number of hydrogen-bond donors (Lipinski definition) is 1. The molecule has 0 heterocycles. The number of hydrogen-bond acceptors (Lipinski definition) is 4. The molecule has 7 nitrogen and oxygen atoms in total. The summed E-state index contributed by atoms with van der Waals surface area (Å²) in [4.78, 5) is 29.3. The van der Waals surface area contributed by atoms with Crippen LogP contribution in [0.2, 0.25) is 5.02 Å². The van der Waals surface area contributed by atoms with Gasteiger partial charge in [0.15, 0.2) is 0 Å². The van der Waals surface area contributed by atoms with Gasteiger partial charge in [-0.2, -0.15) is 0 Å². The molecule has 0 aliphatic rings. The Morgan fingerprint density at radius 1 is 0.810 bits per heavy atom. The van der Waals surface area contributed by atoms with Crippen molar-refractivity contribution >= 4 is 39.1 Å². The molecule has 0 spiro atoms. The van der Waals surface area contributed by atoms with E-state index in [2.05, 4.69) is 5.32 Å². The van der Waals surface area contributed by atoms with Crippen LogP contribution in [0.5, 0.6) is 0 Å². The van der Waals surface area contributed by atoms with Gasteiger partial charge in [-0.15, -0.1) is 0 Å². The molecule has 1 N–H and O–H groups in total. The summed E-state index contributed by atoms with van der Waals surface area (Å²) < 4.78 is 28.9. The maximum atomic E-state index is 14.3. The van der Waals surface area contributed by atoms with Crippen LogP contribution in [0.4, 0.5) is 5.69 Å². The summed E-state index contributed by atoms with van der Waals surface area (Å²) in [7, 11) is -4.15. The lowest BCUT2D eigenvalue weighted by Crippen LogP contribution is -2.53. The van der Waals surface area contributed by atoms with E-state index >= 15 is 0 Å². The molecule has 0 unspecified atom stereocenters. The molecule has 218 valence electrons. The molecular weight excluding hydrogens is 570 g/mol. The number of benzene rings is 4. The number of nitrogens with one attached hydrogen (secondary N) is 1. The van der Waals surface area contributed by atoms with Gasteiger partial charge in [-0.1, -0.05) is 90.0 Å². The summed E-state index contributed by atoms with van der Waals surface area (Å²) in [6.45, 7) is 3.77. The number of likely N-dealkylation sites (N-methyl/N-ethyl adjacent to an activating group) is 1. The standard InChI is InChI=1S/C33H34ClN3O4S/c1-3-35-33(39)31(22-26-10-6-4-7-11-26)36(23-27-16-14-25(2)15-17-27)32(38)24-37(29-20-18-28(34)19-21-29)42(40,41)30-12-8-5-9-13-30/h4-21,31H,3,22-24H2,1-2H3,(H,35,39)/t31-/m0/s1. The van der Waals surface area contributed by atoms with Gasteiger partial charge in [0.05, 0.1) is 10.6 Å². The van der Waals surface area contributed by atoms with Crippen LogP contribution in [0.25, 0.3) is 0 Å². The third-order valence-corrected chi connectivity index (χ3v) is 8.86. The fourth-order valence-electron chi connectivity index (χ4n) is 4.59. The third-order valence-electron chi connectivity index (χ3n) is 6.82. The number of rotatable bonds is 12. The Balaban J connectivity index is 1.78. The van der Waals surface area contributed by atoms with E-state index in [0.29, 0.717) is 11.6 Å². The first-order valence-electron chi connectivity index (χ1n) is 13.7. The van der Waals surface area contributed by atoms with Crippen LogP contribution < -0.4 is 9.62 Å². The van der Waals surface area contributed by atoms with E-state index in [0.717, 1.165) is 21.0 Å². The highest BCUT2D eigenvalue weighted by Gasteiger charge is 2.34. The molecule has 42 heavy (non-hydrogen) atoms. The lowest BCUT2D eigenvalue weighted by atomic mass is 10.0. The van der Waals surface area contributed by atoms with Crippen molar-refractivity contribution < 1.29 is 18.0 Å². The number of halogens is 1. The molecule has 4 aromatic carbocycles. The van der Waals surface area contributed by atoms with Crippen LogP contribution >= 0.6 is 11.6 Å². The first kappa shape index (κ1) is 30.8. The van der Waals surface area contributed by atoms with E-state index in [9.17, 15) is 18.0 Å². The second kappa shape index (κ2) is 14.2. The number of aryl methyl sites for hydroxylation is 1. The molecule has 2 amide bonds. The van der Waals surface area contributed by atoms with Gasteiger partial charge in [0.2, 0.25) is 11.8 Å². The van der Waals surface area contributed by atoms with Crippen LogP contribution in [0.15, 0.2) is 114 Å². The van der Waals surface area contributed by atoms with Gasteiger partial charge in [-0.3, -0.25) is 13.9 Å². The molecule has 0 radical (unpaired) electrons. The van der Waals surface area contributed by atoms with Crippen molar-refractivity contribution in [3.63, 3.8) is 0 Å². The van der Waals surface area contributed by atoms with Crippen molar-refractivity contribution in [2.24, 2.45) is 0 Å². The molecule has 0 aliphatic carbocycles. The van der Waals surface area contributed by atoms with Gasteiger partial charge in [-0.25, -0.2) is 8.42 Å². The van der Waals surface area contributed by atoms with Crippen molar-refractivity contribution in [2.75, 3.05) is 17.4 Å². The molecule has 0 aromatic heterocycles. The molecule has 4 aromatic rings. The van der Waals surface area contributed by atoms with E-state index in [1.54, 1.807) is 42.5 Å². The average Bonchev–Trinajstić information content (AvgIpc) is 3.00. The summed E-state index contributed by atoms with van der Waals surface area (Å²) in [5, 5.41) is 3.30. The molecule has 9 heteroatoms. The van der Waals surface area contributed by atoms with Crippen molar-refractivity contribution in [3.05, 3.63) is 131 Å². The van der Waals surface area contributed by atoms with Gasteiger partial charge < -0.3 is 10.2 Å². The van der Waals surface area contributed by atoms with E-state index in [1.165, 1.54) is 17.0 Å². The van der Waals surface area contributed by atoms with E-state index in [1.807, 2.05) is 68.4 Å². The number of amides is 2. The Labute approximate surface area is 252 Å². The monoisotopic (exact) mass is 603 g/mol. The van der Waals surface area contributed by atoms with Gasteiger partial charge in [0.25, 0.3) is 10.0 Å². The SMILES string of the molecule is CCNC(=O)[C@H](Cc1ccccc1)N(Cc1ccc(C)cc1)C(=O)CN(c1ccc(Cl)cc1)S(=O)(=O)c1ccccc1. The molecule has 4 rings (SSSR count). The largest absolute Gasteiger partial charge is 0.355 e. The summed E-state index contributed by atoms with van der Waals surface area (Å²) in [6.07, 6.45) is 0.261. The van der Waals surface area contributed by atoms with Crippen LogP contribution in [0.1, 0.15) is 23.6 Å². The fourth-order valence-corrected chi connectivity index (χ4v) is 6.15. The van der Waals surface area contributed by atoms with Crippen molar-refractivity contribution in [3.8, 4) is 0 Å². The fraction of sp³-hybridized carbons (Fsp3) is 0.212. The molecule has 0 bridgehead atoms. The normalized spacial score (nSPS) is 11.9. The summed E-state index contributed by atoms with van der Waals surface area (Å²) in [5.41, 5.74) is 3.04. The summed E-state index contributed by atoms with van der Waals surface area (Å²) >= 11 is 6.10. The lowest BCUT2D eigenvalue weighted by Gasteiger charge is -2.33. The van der Waals surface area contributed by atoms with Crippen LogP contribution in [0.3, 0.4) is 0 Å². The minimum absolute atomic E-state index is 0.0439. The maximum Gasteiger partial charge on any atom is 0.264 e. The highest BCUT2D eigenvalue weighted by molar-refractivity contribution is 7.92. The van der Waals surface area contributed by atoms with Gasteiger partial charge in [0, 0.05) is 24.5 Å². The number of anilines is 1. The molecule has 0 aliphatic heterocycles. The Morgan fingerprint density at radius 2 is 1.40 bits per heavy atom. The first-order valence-corrected chi connectivity index (χ1v) is 15.5. The lowest BCUT2D eigenvalue weighted by molar-refractivity contribution is -0.140. The van der Waals surface area contributed by atoms with E-state index < -0.39 is 28.5 Å². The van der Waals surface area contributed by atoms with Crippen molar-refractivity contribution in [1.82, 2.24) is 10.2 Å². The molecule has 0 fully saturated rings. The molecule has 0 saturated carbocycles. The van der Waals surface area contributed by atoms with Crippen LogP contribution in [0, 0.1) is 6.92 Å². The highest BCUT2D eigenvalue weighted by Crippen LogP contribution is 2.26. The second-order valence-corrected chi connectivity index (χ2v) is 12.2. The zero-order chi connectivity index (χ0) is 30.1. The smallest absolute Gasteiger partial charge is 0.264 e. The second-order valence-electron chi connectivity index (χ2n) is 9.91. The van der Waals surface area contributed by atoms with Crippen molar-refractivity contribution in [1.29, 1.82) is 0 Å². The van der Waals surface area contributed by atoms with Gasteiger partial charge in [0.1, 0.15) is 12.6 Å². The Bertz CT molecular complexity index is 1580. The van der Waals surface area contributed by atoms with E-state index in [4.69, 9.17) is 11.6 Å². The maximum absolute atomic E-state index is 14.3. The quantitative estimate of drug-likeness (QED) is 0.228. The van der Waals surface area contributed by atoms with Gasteiger partial charge in [-0.05, 0) is 61.4 Å². The number of carbonyl (C=O) groups excluding carboxylic acids is 2. The van der Waals surface area contributed by atoms with Gasteiger partial charge >= 0.3 is 0 Å². The predicted octanol–water partition coefficient (Wildman–Crippen LogP) is 5.62. The first-order chi connectivity index (χ1) is 20.2. The highest BCUT2D eigenvalue weighted by atomic mass is 35.5. The average molecular weight is 604 g/mol. The zero-order valence-electron chi connectivity index (χ0n) is 23.6. The minimum atomic E-state index is -4.15. The molecular formula is C33H34ClN3O4S.